The van der Waals surface area contributed by atoms with Gasteiger partial charge in [-0.2, -0.15) is 0 Å². The van der Waals surface area contributed by atoms with Gasteiger partial charge in [-0.3, -0.25) is 0 Å². The van der Waals surface area contributed by atoms with E-state index < -0.39 is 21.7 Å². The molecule has 0 atom stereocenters. The lowest BCUT2D eigenvalue weighted by molar-refractivity contribution is 0.574. The Kier molecular flexibility index (Phi) is 4.54. The van der Waals surface area contributed by atoms with Crippen LogP contribution in [0.3, 0.4) is 0 Å². The van der Waals surface area contributed by atoms with Crippen LogP contribution in [0.25, 0.3) is 0 Å². The van der Waals surface area contributed by atoms with E-state index in [1.54, 1.807) is 18.2 Å². The molecule has 2 aromatic rings. The molecule has 2 rings (SSSR count). The molecule has 112 valence electrons. The van der Waals surface area contributed by atoms with Gasteiger partial charge in [0.25, 0.3) is 0 Å². The zero-order valence-corrected chi connectivity index (χ0v) is 11.8. The number of rotatable bonds is 5. The lowest BCUT2D eigenvalue weighted by Crippen LogP contribution is -2.26. The van der Waals surface area contributed by atoms with E-state index in [1.807, 2.05) is 0 Å². The van der Waals surface area contributed by atoms with Crippen LogP contribution in [-0.4, -0.2) is 15.0 Å². The molecule has 0 aliphatic rings. The van der Waals surface area contributed by atoms with Gasteiger partial charge in [-0.05, 0) is 36.2 Å². The van der Waals surface area contributed by atoms with Gasteiger partial charge in [0, 0.05) is 12.2 Å². The molecule has 0 aromatic heterocycles. The van der Waals surface area contributed by atoms with Crippen molar-refractivity contribution in [1.29, 1.82) is 0 Å². The van der Waals surface area contributed by atoms with Crippen LogP contribution in [0, 0.1) is 11.6 Å². The number of sulfonamides is 1. The van der Waals surface area contributed by atoms with Crippen molar-refractivity contribution in [3.8, 4) is 0 Å². The average molecular weight is 312 g/mol. The highest BCUT2D eigenvalue weighted by molar-refractivity contribution is 7.89. The number of halogens is 2. The van der Waals surface area contributed by atoms with Gasteiger partial charge in [0.05, 0.1) is 4.90 Å². The van der Waals surface area contributed by atoms with E-state index in [9.17, 15) is 17.2 Å². The third kappa shape index (κ3) is 3.99. The molecule has 0 saturated heterocycles. The van der Waals surface area contributed by atoms with E-state index in [2.05, 4.69) is 4.72 Å². The summed E-state index contributed by atoms with van der Waals surface area (Å²) in [5.74, 6) is -1.13. The molecule has 0 amide bonds. The molecule has 0 saturated carbocycles. The molecule has 21 heavy (non-hydrogen) atoms. The molecule has 3 N–H and O–H groups in total. The normalized spacial score (nSPS) is 11.5. The van der Waals surface area contributed by atoms with Crippen molar-refractivity contribution in [2.24, 2.45) is 0 Å². The maximum Gasteiger partial charge on any atom is 0.240 e. The summed E-state index contributed by atoms with van der Waals surface area (Å²) in [7, 11) is -3.88. The minimum absolute atomic E-state index is 0.000313. The molecule has 0 radical (unpaired) electrons. The van der Waals surface area contributed by atoms with Gasteiger partial charge in [0.2, 0.25) is 10.0 Å². The highest BCUT2D eigenvalue weighted by Crippen LogP contribution is 2.15. The number of benzene rings is 2. The van der Waals surface area contributed by atoms with Gasteiger partial charge in [0.15, 0.2) is 0 Å². The third-order valence-corrected chi connectivity index (χ3v) is 4.29. The minimum Gasteiger partial charge on any atom is -0.399 e. The summed E-state index contributed by atoms with van der Waals surface area (Å²) >= 11 is 0. The summed E-state index contributed by atoms with van der Waals surface area (Å²) in [6.45, 7) is -0.000313. The highest BCUT2D eigenvalue weighted by atomic mass is 32.2. The van der Waals surface area contributed by atoms with Gasteiger partial charge >= 0.3 is 0 Å². The standard InChI is InChI=1S/C14H14F2N2O2S/c15-11-7-12(17)9-13(8-11)21(19,20)18-6-5-10-3-1-2-4-14(10)16/h1-4,7-9,18H,5-6,17H2. The fourth-order valence-corrected chi connectivity index (χ4v) is 2.94. The van der Waals surface area contributed by atoms with E-state index in [-0.39, 0.29) is 23.5 Å². The second-order valence-corrected chi connectivity index (χ2v) is 6.23. The Bertz CT molecular complexity index is 728. The van der Waals surface area contributed by atoms with Gasteiger partial charge in [-0.25, -0.2) is 21.9 Å². The quantitative estimate of drug-likeness (QED) is 0.830. The van der Waals surface area contributed by atoms with Crippen LogP contribution in [0.2, 0.25) is 0 Å². The molecule has 7 heteroatoms. The van der Waals surface area contributed by atoms with Crippen LogP contribution in [0.1, 0.15) is 5.56 Å². The molecule has 0 heterocycles. The van der Waals surface area contributed by atoms with Crippen molar-refractivity contribution < 1.29 is 17.2 Å². The van der Waals surface area contributed by atoms with Gasteiger partial charge in [0.1, 0.15) is 11.6 Å². The van der Waals surface area contributed by atoms with Crippen LogP contribution >= 0.6 is 0 Å². The maximum absolute atomic E-state index is 13.4. The molecule has 0 aliphatic heterocycles. The molecule has 0 spiro atoms. The van der Waals surface area contributed by atoms with Crippen molar-refractivity contribution in [3.05, 3.63) is 59.7 Å². The first-order chi connectivity index (χ1) is 9.88. The van der Waals surface area contributed by atoms with E-state index in [0.29, 0.717) is 5.56 Å². The molecule has 2 aromatic carbocycles. The zero-order chi connectivity index (χ0) is 15.5. The fourth-order valence-electron chi connectivity index (χ4n) is 1.84. The lowest BCUT2D eigenvalue weighted by Gasteiger charge is -2.08. The number of anilines is 1. The van der Waals surface area contributed by atoms with E-state index in [4.69, 9.17) is 5.73 Å². The Morgan fingerprint density at radius 3 is 2.48 bits per heavy atom. The number of hydrogen-bond donors (Lipinski definition) is 2. The van der Waals surface area contributed by atoms with E-state index in [0.717, 1.165) is 18.2 Å². The maximum atomic E-state index is 13.4. The van der Waals surface area contributed by atoms with Crippen LogP contribution < -0.4 is 10.5 Å². The fraction of sp³-hybridized carbons (Fsp3) is 0.143. The van der Waals surface area contributed by atoms with Gasteiger partial charge in [-0.1, -0.05) is 18.2 Å². The molecule has 4 nitrogen and oxygen atoms in total. The summed E-state index contributed by atoms with van der Waals surface area (Å²) in [5.41, 5.74) is 5.83. The highest BCUT2D eigenvalue weighted by Gasteiger charge is 2.15. The molecular formula is C14H14F2N2O2S. The summed E-state index contributed by atoms with van der Waals surface area (Å²) in [6.07, 6.45) is 0.191. The number of nitrogens with one attached hydrogen (secondary N) is 1. The summed E-state index contributed by atoms with van der Waals surface area (Å²) in [6, 6.07) is 9.16. The third-order valence-electron chi connectivity index (χ3n) is 2.85. The van der Waals surface area contributed by atoms with Gasteiger partial charge in [-0.15, -0.1) is 0 Å². The smallest absolute Gasteiger partial charge is 0.240 e. The molecular weight excluding hydrogens is 298 g/mol. The first-order valence-corrected chi connectivity index (χ1v) is 7.66. The lowest BCUT2D eigenvalue weighted by atomic mass is 10.1. The van der Waals surface area contributed by atoms with Crippen molar-refractivity contribution in [2.75, 3.05) is 12.3 Å². The monoisotopic (exact) mass is 312 g/mol. The van der Waals surface area contributed by atoms with Crippen LogP contribution in [-0.2, 0) is 16.4 Å². The van der Waals surface area contributed by atoms with Gasteiger partial charge < -0.3 is 5.73 Å². The number of nitrogen functional groups attached to an aromatic ring is 1. The first-order valence-electron chi connectivity index (χ1n) is 6.17. The topological polar surface area (TPSA) is 72.2 Å². The predicted molar refractivity (Wildman–Crippen MR) is 76.1 cm³/mol. The largest absolute Gasteiger partial charge is 0.399 e. The van der Waals surface area contributed by atoms with Crippen LogP contribution in [0.15, 0.2) is 47.4 Å². The molecule has 0 unspecified atom stereocenters. The molecule has 0 fully saturated rings. The SMILES string of the molecule is Nc1cc(F)cc(S(=O)(=O)NCCc2ccccc2F)c1. The molecule has 0 bridgehead atoms. The van der Waals surface area contributed by atoms with Crippen molar-refractivity contribution in [2.45, 2.75) is 11.3 Å². The Morgan fingerprint density at radius 1 is 1.10 bits per heavy atom. The number of nitrogens with two attached hydrogens (primary N) is 1. The zero-order valence-electron chi connectivity index (χ0n) is 11.0. The summed E-state index contributed by atoms with van der Waals surface area (Å²) in [5, 5.41) is 0. The predicted octanol–water partition coefficient (Wildman–Crippen LogP) is 2.07. The second-order valence-electron chi connectivity index (χ2n) is 4.46. The van der Waals surface area contributed by atoms with Crippen molar-refractivity contribution >= 4 is 15.7 Å². The number of hydrogen-bond acceptors (Lipinski definition) is 3. The minimum atomic E-state index is -3.88. The average Bonchev–Trinajstić information content (AvgIpc) is 2.40. The van der Waals surface area contributed by atoms with Crippen LogP contribution in [0.5, 0.6) is 0 Å². The second kappa shape index (κ2) is 6.19. The Morgan fingerprint density at radius 2 is 1.81 bits per heavy atom. The van der Waals surface area contributed by atoms with E-state index >= 15 is 0 Å². The van der Waals surface area contributed by atoms with Crippen molar-refractivity contribution in [1.82, 2.24) is 4.72 Å². The Labute approximate surface area is 121 Å². The van der Waals surface area contributed by atoms with Crippen molar-refractivity contribution in [3.63, 3.8) is 0 Å². The summed E-state index contributed by atoms with van der Waals surface area (Å²) < 4.78 is 52.8. The molecule has 0 aliphatic carbocycles. The summed E-state index contributed by atoms with van der Waals surface area (Å²) in [4.78, 5) is -0.256. The van der Waals surface area contributed by atoms with E-state index in [1.165, 1.54) is 6.07 Å². The Hall–Kier alpha value is -1.99. The Balaban J connectivity index is 2.06. The first kappa shape index (κ1) is 15.4. The van der Waals surface area contributed by atoms with Crippen LogP contribution in [0.4, 0.5) is 14.5 Å².